The molecule has 144 valence electrons. The molecule has 1 aliphatic carbocycles. The van der Waals surface area contributed by atoms with E-state index in [9.17, 15) is 13.2 Å². The van der Waals surface area contributed by atoms with E-state index in [4.69, 9.17) is 14.6 Å². The quantitative estimate of drug-likeness (QED) is 0.668. The van der Waals surface area contributed by atoms with Crippen molar-refractivity contribution in [2.45, 2.75) is 23.8 Å². The van der Waals surface area contributed by atoms with E-state index in [1.807, 2.05) is 24.3 Å². The summed E-state index contributed by atoms with van der Waals surface area (Å²) in [5.74, 6) is 0.895. The lowest BCUT2D eigenvalue weighted by Gasteiger charge is -2.07. The van der Waals surface area contributed by atoms with Crippen LogP contribution in [0.25, 0.3) is 0 Å². The molecule has 0 spiro atoms. The molecule has 2 unspecified atom stereocenters. The molecule has 0 bridgehead atoms. The summed E-state index contributed by atoms with van der Waals surface area (Å²) in [6, 6.07) is 13.8. The lowest BCUT2D eigenvalue weighted by molar-refractivity contribution is -0.122. The Morgan fingerprint density at radius 1 is 1.15 bits per heavy atom. The normalized spacial score (nSPS) is 18.7. The highest BCUT2D eigenvalue weighted by molar-refractivity contribution is 7.89. The van der Waals surface area contributed by atoms with Gasteiger partial charge < -0.3 is 14.8 Å². The van der Waals surface area contributed by atoms with Gasteiger partial charge >= 0.3 is 0 Å². The Bertz CT molecular complexity index is 895. The fourth-order valence-corrected chi connectivity index (χ4v) is 3.42. The van der Waals surface area contributed by atoms with Crippen molar-refractivity contribution in [2.24, 2.45) is 11.1 Å². The lowest BCUT2D eigenvalue weighted by Crippen LogP contribution is -2.24. The van der Waals surface area contributed by atoms with E-state index in [1.54, 1.807) is 19.2 Å². The fraction of sp³-hybridized carbons (Fsp3) is 0.316. The zero-order valence-electron chi connectivity index (χ0n) is 14.9. The number of methoxy groups -OCH3 is 1. The number of amides is 1. The number of carbonyl (C=O) groups excluding carboxylic acids is 1. The van der Waals surface area contributed by atoms with Crippen LogP contribution in [0, 0.1) is 5.92 Å². The lowest BCUT2D eigenvalue weighted by atomic mass is 10.1. The molecule has 0 aliphatic heterocycles. The van der Waals surface area contributed by atoms with Crippen molar-refractivity contribution >= 4 is 15.9 Å². The second kappa shape index (κ2) is 8.08. The van der Waals surface area contributed by atoms with E-state index in [1.165, 1.54) is 12.1 Å². The Labute approximate surface area is 158 Å². The van der Waals surface area contributed by atoms with Gasteiger partial charge in [0.1, 0.15) is 5.75 Å². The molecule has 0 radical (unpaired) electrons. The Morgan fingerprint density at radius 2 is 1.81 bits per heavy atom. The smallest absolute Gasteiger partial charge is 0.238 e. The summed E-state index contributed by atoms with van der Waals surface area (Å²) in [5, 5.41) is 7.97. The first-order valence-electron chi connectivity index (χ1n) is 8.49. The maximum absolute atomic E-state index is 12.3. The molecule has 2 atom stereocenters. The minimum atomic E-state index is -3.70. The van der Waals surface area contributed by atoms with Crippen LogP contribution in [0.4, 0.5) is 0 Å². The Hall–Kier alpha value is -2.42. The Morgan fingerprint density at radius 3 is 2.41 bits per heavy atom. The van der Waals surface area contributed by atoms with Crippen LogP contribution in [-0.4, -0.2) is 28.2 Å². The molecule has 0 heterocycles. The number of nitrogens with two attached hydrogens (primary N) is 1. The van der Waals surface area contributed by atoms with Gasteiger partial charge in [0.05, 0.1) is 4.90 Å². The topological polar surface area (TPSA) is 108 Å². The fourth-order valence-electron chi connectivity index (χ4n) is 2.91. The first kappa shape index (κ1) is 19.3. The number of primary sulfonamides is 1. The first-order valence-corrected chi connectivity index (χ1v) is 10.0. The molecule has 8 heteroatoms. The van der Waals surface area contributed by atoms with Crippen molar-refractivity contribution in [3.05, 3.63) is 59.7 Å². The van der Waals surface area contributed by atoms with Crippen LogP contribution in [-0.2, 0) is 26.1 Å². The number of hydrogen-bond donors (Lipinski definition) is 2. The van der Waals surface area contributed by atoms with Crippen molar-refractivity contribution in [3.8, 4) is 5.75 Å². The molecule has 2 aromatic carbocycles. The molecule has 1 saturated carbocycles. The van der Waals surface area contributed by atoms with E-state index in [-0.39, 0.29) is 29.4 Å². The van der Waals surface area contributed by atoms with E-state index < -0.39 is 10.0 Å². The summed E-state index contributed by atoms with van der Waals surface area (Å²) in [6.07, 6.45) is 0.814. The van der Waals surface area contributed by atoms with E-state index >= 15 is 0 Å². The number of nitrogens with one attached hydrogen (secondary N) is 1. The van der Waals surface area contributed by atoms with E-state index in [2.05, 4.69) is 5.32 Å². The van der Waals surface area contributed by atoms with Crippen LogP contribution in [0.5, 0.6) is 5.75 Å². The van der Waals surface area contributed by atoms with Crippen LogP contribution in [0.15, 0.2) is 53.4 Å². The second-order valence-corrected chi connectivity index (χ2v) is 8.04. The molecule has 7 nitrogen and oxygen atoms in total. The molecule has 0 aromatic heterocycles. The molecule has 2 aromatic rings. The molecular weight excluding hydrogens is 368 g/mol. The number of carbonyl (C=O) groups is 1. The van der Waals surface area contributed by atoms with Gasteiger partial charge in [-0.3, -0.25) is 4.79 Å². The molecular formula is C19H22N2O5S. The molecule has 1 amide bonds. The number of hydrogen-bond acceptors (Lipinski definition) is 5. The summed E-state index contributed by atoms with van der Waals surface area (Å²) in [5.41, 5.74) is 1.92. The van der Waals surface area contributed by atoms with Gasteiger partial charge in [0.2, 0.25) is 15.9 Å². The highest BCUT2D eigenvalue weighted by atomic mass is 32.2. The van der Waals surface area contributed by atoms with Crippen LogP contribution in [0.3, 0.4) is 0 Å². The highest BCUT2D eigenvalue weighted by Crippen LogP contribution is 2.47. The second-order valence-electron chi connectivity index (χ2n) is 6.48. The number of rotatable bonds is 8. The summed E-state index contributed by atoms with van der Waals surface area (Å²) >= 11 is 0. The first-order chi connectivity index (χ1) is 12.9. The van der Waals surface area contributed by atoms with Crippen molar-refractivity contribution in [3.63, 3.8) is 0 Å². The van der Waals surface area contributed by atoms with Gasteiger partial charge in [-0.1, -0.05) is 24.3 Å². The van der Waals surface area contributed by atoms with Crippen molar-refractivity contribution in [1.29, 1.82) is 0 Å². The van der Waals surface area contributed by atoms with Gasteiger partial charge in [0.25, 0.3) is 0 Å². The molecule has 27 heavy (non-hydrogen) atoms. The Balaban J connectivity index is 1.50. The molecule has 3 rings (SSSR count). The van der Waals surface area contributed by atoms with Gasteiger partial charge in [0, 0.05) is 19.6 Å². The molecule has 1 aliphatic rings. The van der Waals surface area contributed by atoms with Gasteiger partial charge in [0.15, 0.2) is 6.79 Å². The maximum Gasteiger partial charge on any atom is 0.238 e. The minimum Gasteiger partial charge on any atom is -0.468 e. The van der Waals surface area contributed by atoms with Gasteiger partial charge in [-0.05, 0) is 47.7 Å². The summed E-state index contributed by atoms with van der Waals surface area (Å²) < 4.78 is 32.7. The summed E-state index contributed by atoms with van der Waals surface area (Å²) in [4.78, 5) is 12.4. The average Bonchev–Trinajstić information content (AvgIpc) is 3.45. The van der Waals surface area contributed by atoms with Gasteiger partial charge in [-0.2, -0.15) is 0 Å². The molecule has 1 fully saturated rings. The standard InChI is InChI=1S/C19H22N2O5S/c1-25-12-26-15-6-4-14(5-7-15)17-10-18(17)19(22)21-11-13-2-8-16(9-3-13)27(20,23)24/h2-9,17-18H,10-12H2,1H3,(H,21,22)(H2,20,23,24). The minimum absolute atomic E-state index is 0.00441. The third-order valence-electron chi connectivity index (χ3n) is 4.50. The zero-order valence-corrected chi connectivity index (χ0v) is 15.7. The van der Waals surface area contributed by atoms with E-state index in [0.717, 1.165) is 23.3 Å². The van der Waals surface area contributed by atoms with Crippen LogP contribution >= 0.6 is 0 Å². The maximum atomic E-state index is 12.3. The molecule has 0 saturated heterocycles. The predicted octanol–water partition coefficient (Wildman–Crippen LogP) is 1.74. The third-order valence-corrected chi connectivity index (χ3v) is 5.43. The third kappa shape index (κ3) is 5.06. The molecule has 3 N–H and O–H groups in total. The summed E-state index contributed by atoms with van der Waals surface area (Å²) in [7, 11) is -2.14. The predicted molar refractivity (Wildman–Crippen MR) is 99.5 cm³/mol. The summed E-state index contributed by atoms with van der Waals surface area (Å²) in [6.45, 7) is 0.544. The van der Waals surface area contributed by atoms with Crippen LogP contribution < -0.4 is 15.2 Å². The van der Waals surface area contributed by atoms with Crippen LogP contribution in [0.2, 0.25) is 0 Å². The SMILES string of the molecule is COCOc1ccc(C2CC2C(=O)NCc2ccc(S(N)(=O)=O)cc2)cc1. The van der Waals surface area contributed by atoms with Gasteiger partial charge in [-0.15, -0.1) is 0 Å². The highest BCUT2D eigenvalue weighted by Gasteiger charge is 2.43. The van der Waals surface area contributed by atoms with Crippen molar-refractivity contribution in [1.82, 2.24) is 5.32 Å². The number of ether oxygens (including phenoxy) is 2. The monoisotopic (exact) mass is 390 g/mol. The van der Waals surface area contributed by atoms with E-state index in [0.29, 0.717) is 6.54 Å². The number of sulfonamides is 1. The average molecular weight is 390 g/mol. The van der Waals surface area contributed by atoms with Gasteiger partial charge in [-0.25, -0.2) is 13.6 Å². The zero-order chi connectivity index (χ0) is 19.4. The largest absolute Gasteiger partial charge is 0.468 e. The van der Waals surface area contributed by atoms with Crippen molar-refractivity contribution in [2.75, 3.05) is 13.9 Å². The van der Waals surface area contributed by atoms with Crippen LogP contribution in [0.1, 0.15) is 23.5 Å². The number of benzene rings is 2. The van der Waals surface area contributed by atoms with Crippen molar-refractivity contribution < 1.29 is 22.7 Å². The Kier molecular flexibility index (Phi) is 5.79.